The van der Waals surface area contributed by atoms with Gasteiger partial charge in [0.1, 0.15) is 18.3 Å². The Bertz CT molecular complexity index is 1060. The van der Waals surface area contributed by atoms with Crippen LogP contribution in [0.1, 0.15) is 98.8 Å². The number of carboxylic acid groups (broad SMARTS) is 1. The number of hydrogen-bond donors (Lipinski definition) is 5. The summed E-state index contributed by atoms with van der Waals surface area (Å²) in [5.41, 5.74) is 1.99. The zero-order valence-electron chi connectivity index (χ0n) is 27.3. The van der Waals surface area contributed by atoms with Crippen LogP contribution in [0, 0.1) is 51.2 Å². The Hall–Kier alpha value is -1.03. The lowest BCUT2D eigenvalue weighted by Crippen LogP contribution is -2.63. The SMILES string of the molecule is COC(C(=O)O)C(O)C(O)C(O)COCC1(C)C(O)CCC2(C)C1CCC1(C)C3CCC4CCC(C)(C)CC4C3=CCC12. The molecule has 0 aromatic heterocycles. The molecule has 5 N–H and O–H groups in total. The second-order valence-corrected chi connectivity index (χ2v) is 16.6. The van der Waals surface area contributed by atoms with E-state index >= 15 is 0 Å². The predicted octanol–water partition coefficient (Wildman–Crippen LogP) is 4.57. The fourth-order valence-electron chi connectivity index (χ4n) is 11.3. The molecule has 5 aliphatic rings. The lowest BCUT2D eigenvalue weighted by Gasteiger charge is -2.67. The molecule has 4 fully saturated rings. The Morgan fingerprint density at radius 1 is 0.930 bits per heavy atom. The molecule has 0 bridgehead atoms. The maximum Gasteiger partial charge on any atom is 0.335 e. The topological polar surface area (TPSA) is 137 Å². The molecule has 4 saturated carbocycles. The van der Waals surface area contributed by atoms with E-state index in [0.29, 0.717) is 23.7 Å². The van der Waals surface area contributed by atoms with Crippen LogP contribution in [0.2, 0.25) is 0 Å². The molecule has 13 atom stereocenters. The summed E-state index contributed by atoms with van der Waals surface area (Å²) in [6, 6.07) is 0. The number of ether oxygens (including phenoxy) is 2. The Labute approximate surface area is 258 Å². The van der Waals surface area contributed by atoms with Gasteiger partial charge in [0.05, 0.1) is 19.3 Å². The van der Waals surface area contributed by atoms with E-state index in [4.69, 9.17) is 9.47 Å². The number of aliphatic hydroxyl groups is 4. The van der Waals surface area contributed by atoms with Gasteiger partial charge in [0.25, 0.3) is 0 Å². The van der Waals surface area contributed by atoms with Crippen LogP contribution in [0.25, 0.3) is 0 Å². The molecule has 0 saturated heterocycles. The van der Waals surface area contributed by atoms with Crippen molar-refractivity contribution in [1.29, 1.82) is 0 Å². The number of aliphatic hydroxyl groups excluding tert-OH is 4. The predicted molar refractivity (Wildman–Crippen MR) is 163 cm³/mol. The van der Waals surface area contributed by atoms with Gasteiger partial charge in [-0.05, 0) is 110 Å². The quantitative estimate of drug-likeness (QED) is 0.241. The molecule has 43 heavy (non-hydrogen) atoms. The van der Waals surface area contributed by atoms with Crippen molar-refractivity contribution in [3.63, 3.8) is 0 Å². The zero-order chi connectivity index (χ0) is 31.5. The van der Waals surface area contributed by atoms with Gasteiger partial charge in [-0.2, -0.15) is 0 Å². The van der Waals surface area contributed by atoms with Gasteiger partial charge in [0, 0.05) is 12.5 Å². The van der Waals surface area contributed by atoms with Gasteiger partial charge in [-0.1, -0.05) is 46.3 Å². The van der Waals surface area contributed by atoms with Crippen LogP contribution in [0.5, 0.6) is 0 Å². The average molecular weight is 607 g/mol. The van der Waals surface area contributed by atoms with Gasteiger partial charge in [0.15, 0.2) is 6.10 Å². The van der Waals surface area contributed by atoms with E-state index in [9.17, 15) is 30.3 Å². The van der Waals surface area contributed by atoms with Gasteiger partial charge in [-0.15, -0.1) is 0 Å². The Morgan fingerprint density at radius 2 is 1.63 bits per heavy atom. The summed E-state index contributed by atoms with van der Waals surface area (Å²) in [7, 11) is 1.12. The van der Waals surface area contributed by atoms with Crippen molar-refractivity contribution >= 4 is 5.97 Å². The van der Waals surface area contributed by atoms with Crippen molar-refractivity contribution in [3.05, 3.63) is 11.6 Å². The van der Waals surface area contributed by atoms with Crippen LogP contribution in [-0.4, -0.2) is 82.3 Å². The average Bonchev–Trinajstić information content (AvgIpc) is 2.94. The third kappa shape index (κ3) is 5.65. The van der Waals surface area contributed by atoms with Crippen LogP contribution in [0.4, 0.5) is 0 Å². The maximum absolute atomic E-state index is 11.4. The first-order valence-electron chi connectivity index (χ1n) is 16.8. The molecular weight excluding hydrogens is 548 g/mol. The molecule has 246 valence electrons. The highest BCUT2D eigenvalue weighted by atomic mass is 16.5. The summed E-state index contributed by atoms with van der Waals surface area (Å²) >= 11 is 0. The van der Waals surface area contributed by atoms with Crippen molar-refractivity contribution in [2.24, 2.45) is 51.2 Å². The van der Waals surface area contributed by atoms with Crippen LogP contribution in [0.15, 0.2) is 11.6 Å². The number of carbonyl (C=O) groups is 1. The van der Waals surface area contributed by atoms with Crippen LogP contribution in [0.3, 0.4) is 0 Å². The van der Waals surface area contributed by atoms with E-state index in [1.54, 1.807) is 5.57 Å². The van der Waals surface area contributed by atoms with Crippen LogP contribution >= 0.6 is 0 Å². The number of allylic oxidation sites excluding steroid dienone is 2. The van der Waals surface area contributed by atoms with E-state index in [1.165, 1.54) is 32.1 Å². The molecule has 0 aromatic carbocycles. The summed E-state index contributed by atoms with van der Waals surface area (Å²) in [4.78, 5) is 11.3. The second kappa shape index (κ2) is 12.0. The number of rotatable bonds is 9. The highest BCUT2D eigenvalue weighted by Gasteiger charge is 2.64. The van der Waals surface area contributed by atoms with Gasteiger partial charge in [-0.25, -0.2) is 4.79 Å². The molecule has 5 rings (SSSR count). The summed E-state index contributed by atoms with van der Waals surface area (Å²) in [6.45, 7) is 12.0. The number of carboxylic acids is 1. The summed E-state index contributed by atoms with van der Waals surface area (Å²) in [5.74, 6) is 1.61. The number of hydrogen-bond acceptors (Lipinski definition) is 7. The summed E-state index contributed by atoms with van der Waals surface area (Å²) < 4.78 is 10.8. The molecule has 8 heteroatoms. The largest absolute Gasteiger partial charge is 0.479 e. The molecule has 0 amide bonds. The molecule has 0 spiro atoms. The van der Waals surface area contributed by atoms with Gasteiger partial charge >= 0.3 is 5.97 Å². The Kier molecular flexibility index (Phi) is 9.27. The minimum Gasteiger partial charge on any atom is -0.479 e. The highest BCUT2D eigenvalue weighted by Crippen LogP contribution is 2.70. The molecule has 5 aliphatic carbocycles. The minimum absolute atomic E-state index is 0.0521. The zero-order valence-corrected chi connectivity index (χ0v) is 27.3. The molecule has 8 nitrogen and oxygen atoms in total. The monoisotopic (exact) mass is 606 g/mol. The first kappa shape index (κ1) is 33.3. The first-order valence-corrected chi connectivity index (χ1v) is 16.8. The number of aliphatic carboxylic acids is 1. The number of fused-ring (bicyclic) bond motifs is 7. The van der Waals surface area contributed by atoms with Gasteiger partial charge in [-0.3, -0.25) is 0 Å². The normalized spacial score (nSPS) is 44.8. The van der Waals surface area contributed by atoms with Gasteiger partial charge in [0.2, 0.25) is 0 Å². The fraction of sp³-hybridized carbons (Fsp3) is 0.914. The van der Waals surface area contributed by atoms with Crippen LogP contribution < -0.4 is 0 Å². The standard InChI is InChI=1S/C35H58O8/c1-32(2)14-11-20-7-9-23-21(22(20)17-32)8-10-25-33(23,3)15-12-26-34(25,4)16-13-27(37)35(26,5)19-43-18-24(36)28(38)29(39)30(42-6)31(40)41/h8,20,22-30,36-39H,7,9-19H2,1-6H3,(H,40,41). The van der Waals surface area contributed by atoms with E-state index in [-0.39, 0.29) is 30.0 Å². The van der Waals surface area contributed by atoms with E-state index in [1.807, 2.05) is 0 Å². The lowest BCUT2D eigenvalue weighted by molar-refractivity contribution is -0.209. The number of methoxy groups -OCH3 is 1. The third-order valence-electron chi connectivity index (χ3n) is 13.7. The molecule has 13 unspecified atom stereocenters. The van der Waals surface area contributed by atoms with Crippen molar-refractivity contribution in [2.75, 3.05) is 20.3 Å². The Morgan fingerprint density at radius 3 is 2.30 bits per heavy atom. The maximum atomic E-state index is 11.4. The first-order chi connectivity index (χ1) is 20.1. The molecule has 0 aliphatic heterocycles. The second-order valence-electron chi connectivity index (χ2n) is 16.6. The summed E-state index contributed by atoms with van der Waals surface area (Å²) in [6.07, 6.45) is 7.08. The molecular formula is C35H58O8. The third-order valence-corrected chi connectivity index (χ3v) is 13.7. The minimum atomic E-state index is -1.81. The van der Waals surface area contributed by atoms with Crippen molar-refractivity contribution in [3.8, 4) is 0 Å². The summed E-state index contributed by atoms with van der Waals surface area (Å²) in [5, 5.41) is 51.8. The van der Waals surface area contributed by atoms with E-state index in [0.717, 1.165) is 44.6 Å². The fourth-order valence-corrected chi connectivity index (χ4v) is 11.3. The van der Waals surface area contributed by atoms with Crippen molar-refractivity contribution < 1.29 is 39.8 Å². The lowest BCUT2D eigenvalue weighted by atomic mass is 9.37. The van der Waals surface area contributed by atoms with E-state index < -0.39 is 41.9 Å². The van der Waals surface area contributed by atoms with Crippen LogP contribution in [-0.2, 0) is 14.3 Å². The van der Waals surface area contributed by atoms with E-state index in [2.05, 4.69) is 40.7 Å². The highest BCUT2D eigenvalue weighted by molar-refractivity contribution is 5.73. The molecule has 0 aromatic rings. The smallest absolute Gasteiger partial charge is 0.335 e. The molecule has 0 radical (unpaired) electrons. The van der Waals surface area contributed by atoms with Crippen molar-refractivity contribution in [1.82, 2.24) is 0 Å². The van der Waals surface area contributed by atoms with Gasteiger partial charge < -0.3 is 35.0 Å². The Balaban J connectivity index is 1.31. The van der Waals surface area contributed by atoms with Crippen molar-refractivity contribution in [2.45, 2.75) is 129 Å². The molecule has 0 heterocycles.